The molecule has 39 heavy (non-hydrogen) atoms. The lowest BCUT2D eigenvalue weighted by molar-refractivity contribution is 0.453. The molecule has 0 unspecified atom stereocenters. The molecule has 0 N–H and O–H groups in total. The molecule has 0 aromatic heterocycles. The molecule has 2 aromatic rings. The van der Waals surface area contributed by atoms with Crippen molar-refractivity contribution >= 4 is 0 Å². The van der Waals surface area contributed by atoms with Gasteiger partial charge in [-0.2, -0.15) is 0 Å². The molecule has 0 aliphatic carbocycles. The van der Waals surface area contributed by atoms with E-state index in [9.17, 15) is 0 Å². The zero-order valence-corrected chi connectivity index (χ0v) is 29.4. The molecule has 0 aliphatic heterocycles. The van der Waals surface area contributed by atoms with Crippen LogP contribution in [0, 0.1) is 0 Å². The maximum atomic E-state index is 2.45. The van der Waals surface area contributed by atoms with Gasteiger partial charge in [0.05, 0.1) is 0 Å². The van der Waals surface area contributed by atoms with Crippen molar-refractivity contribution in [1.82, 2.24) is 0 Å². The van der Waals surface area contributed by atoms with E-state index in [0.29, 0.717) is 0 Å². The lowest BCUT2D eigenvalue weighted by Crippen LogP contribution is -2.37. The molecule has 2 aromatic carbocycles. The largest absolute Gasteiger partial charge is 0.0617 e. The minimum absolute atomic E-state index is 0.0527. The van der Waals surface area contributed by atoms with Gasteiger partial charge in [0.1, 0.15) is 0 Å². The van der Waals surface area contributed by atoms with Gasteiger partial charge in [0.15, 0.2) is 0 Å². The van der Waals surface area contributed by atoms with E-state index in [-0.39, 0.29) is 32.5 Å². The molecule has 0 nitrogen and oxygen atoms in total. The monoisotopic (exact) mass is 533 g/mol. The molecule has 0 spiro atoms. The van der Waals surface area contributed by atoms with E-state index in [1.54, 1.807) is 33.4 Å². The predicted molar refractivity (Wildman–Crippen MR) is 177 cm³/mol. The standard InChI is InChI=1S/C39H64/c1-34(2,3)27-23-19-21-26(25-27)22-20-24-28-29(35(4,5)6)31(37(10,11)12)33(39(16,17)18)32(38(13,14)15)30(28)36(7,8)9/h19,21,23,25H,20,22,24H2,1-18H3. The van der Waals surface area contributed by atoms with Crippen LogP contribution in [-0.2, 0) is 45.3 Å². The molecule has 220 valence electrons. The van der Waals surface area contributed by atoms with Crippen LogP contribution in [0.1, 0.15) is 176 Å². The third-order valence-electron chi connectivity index (χ3n) is 8.04. The van der Waals surface area contributed by atoms with E-state index >= 15 is 0 Å². The SMILES string of the molecule is CC(C)(C)c1cccc(CCCc2c(C(C)(C)C)c(C(C)(C)C)c(C(C)(C)C)c(C(C)(C)C)c2C(C)(C)C)c1. The smallest absolute Gasteiger partial charge is 0.0126 e. The zero-order valence-electron chi connectivity index (χ0n) is 29.4. The molecule has 0 bridgehead atoms. The maximum Gasteiger partial charge on any atom is -0.0126 e. The van der Waals surface area contributed by atoms with E-state index in [0.717, 1.165) is 12.8 Å². The molecule has 0 heteroatoms. The molecule has 0 saturated carbocycles. The zero-order chi connectivity index (χ0) is 30.6. The summed E-state index contributed by atoms with van der Waals surface area (Å²) >= 11 is 0. The lowest BCUT2D eigenvalue weighted by Gasteiger charge is -2.46. The average Bonchev–Trinajstić information content (AvgIpc) is 2.68. The average molecular weight is 533 g/mol. The Balaban J connectivity index is 2.98. The molecule has 0 atom stereocenters. The van der Waals surface area contributed by atoms with Gasteiger partial charge >= 0.3 is 0 Å². The minimum Gasteiger partial charge on any atom is -0.0617 e. The molecular formula is C39H64. The van der Waals surface area contributed by atoms with Crippen molar-refractivity contribution < 1.29 is 0 Å². The van der Waals surface area contributed by atoms with Crippen molar-refractivity contribution in [2.75, 3.05) is 0 Å². The van der Waals surface area contributed by atoms with Gasteiger partial charge in [0, 0.05) is 0 Å². The highest BCUT2D eigenvalue weighted by Gasteiger charge is 2.42. The van der Waals surface area contributed by atoms with Crippen molar-refractivity contribution in [1.29, 1.82) is 0 Å². The van der Waals surface area contributed by atoms with Gasteiger partial charge < -0.3 is 0 Å². The number of rotatable bonds is 4. The van der Waals surface area contributed by atoms with Gasteiger partial charge in [0.25, 0.3) is 0 Å². The number of hydrogen-bond acceptors (Lipinski definition) is 0. The minimum atomic E-state index is 0.0527. The second kappa shape index (κ2) is 10.7. The molecule has 0 amide bonds. The topological polar surface area (TPSA) is 0 Å². The lowest BCUT2D eigenvalue weighted by atomic mass is 9.58. The summed E-state index contributed by atoms with van der Waals surface area (Å²) in [5.41, 5.74) is 13.0. The van der Waals surface area contributed by atoms with Gasteiger partial charge in [-0.25, -0.2) is 0 Å². The first-order valence-electron chi connectivity index (χ1n) is 15.5. The van der Waals surface area contributed by atoms with Crippen molar-refractivity contribution in [3.63, 3.8) is 0 Å². The number of aryl methyl sites for hydroxylation is 1. The summed E-state index contributed by atoms with van der Waals surface area (Å²) in [5, 5.41) is 0. The summed E-state index contributed by atoms with van der Waals surface area (Å²) < 4.78 is 0. The van der Waals surface area contributed by atoms with E-state index in [2.05, 4.69) is 149 Å². The van der Waals surface area contributed by atoms with Crippen molar-refractivity contribution in [3.05, 3.63) is 68.8 Å². The van der Waals surface area contributed by atoms with Gasteiger partial charge in [0.2, 0.25) is 0 Å². The van der Waals surface area contributed by atoms with E-state index in [1.165, 1.54) is 17.5 Å². The van der Waals surface area contributed by atoms with Crippen LogP contribution in [0.25, 0.3) is 0 Å². The van der Waals surface area contributed by atoms with Crippen molar-refractivity contribution in [2.24, 2.45) is 0 Å². The van der Waals surface area contributed by atoms with E-state index in [4.69, 9.17) is 0 Å². The van der Waals surface area contributed by atoms with Gasteiger partial charge in [-0.3, -0.25) is 0 Å². The summed E-state index contributed by atoms with van der Waals surface area (Å²) in [4.78, 5) is 0. The van der Waals surface area contributed by atoms with E-state index in [1.807, 2.05) is 0 Å². The molecule has 2 rings (SSSR count). The summed E-state index contributed by atoms with van der Waals surface area (Å²) in [6.45, 7) is 43.6. The Bertz CT molecular complexity index is 1090. The second-order valence-corrected chi connectivity index (χ2v) is 18.4. The quantitative estimate of drug-likeness (QED) is 0.367. The third-order valence-corrected chi connectivity index (χ3v) is 8.04. The summed E-state index contributed by atoms with van der Waals surface area (Å²) in [5.74, 6) is 0. The molecular weight excluding hydrogens is 468 g/mol. The molecule has 0 aliphatic rings. The fraction of sp³-hybridized carbons (Fsp3) is 0.692. The van der Waals surface area contributed by atoms with Crippen LogP contribution >= 0.6 is 0 Å². The Labute approximate surface area is 244 Å². The van der Waals surface area contributed by atoms with Crippen LogP contribution in [0.15, 0.2) is 24.3 Å². The molecule has 0 fully saturated rings. The summed E-state index contributed by atoms with van der Waals surface area (Å²) in [6, 6.07) is 9.31. The normalized spacial score (nSPS) is 14.2. The number of hydrogen-bond donors (Lipinski definition) is 0. The first-order valence-corrected chi connectivity index (χ1v) is 15.5. The second-order valence-electron chi connectivity index (χ2n) is 18.4. The van der Waals surface area contributed by atoms with Crippen LogP contribution in [0.3, 0.4) is 0 Å². The molecule has 0 heterocycles. The van der Waals surface area contributed by atoms with Gasteiger partial charge in [-0.15, -0.1) is 0 Å². The van der Waals surface area contributed by atoms with Crippen LogP contribution in [0.4, 0.5) is 0 Å². The predicted octanol–water partition coefficient (Wildman–Crippen LogP) is 11.6. The Kier molecular flexibility index (Phi) is 9.22. The fourth-order valence-corrected chi connectivity index (χ4v) is 6.62. The Morgan fingerprint density at radius 3 is 1.10 bits per heavy atom. The van der Waals surface area contributed by atoms with Crippen molar-refractivity contribution in [3.8, 4) is 0 Å². The number of benzene rings is 2. The Morgan fingerprint density at radius 2 is 0.769 bits per heavy atom. The Hall–Kier alpha value is -1.56. The van der Waals surface area contributed by atoms with Crippen LogP contribution in [-0.4, -0.2) is 0 Å². The van der Waals surface area contributed by atoms with Crippen LogP contribution in [0.5, 0.6) is 0 Å². The van der Waals surface area contributed by atoms with E-state index < -0.39 is 0 Å². The fourth-order valence-electron chi connectivity index (χ4n) is 6.62. The first-order chi connectivity index (χ1) is 17.2. The van der Waals surface area contributed by atoms with Crippen molar-refractivity contribution in [2.45, 2.75) is 176 Å². The highest BCUT2D eigenvalue weighted by Crippen LogP contribution is 2.51. The summed E-state index contributed by atoms with van der Waals surface area (Å²) in [6.07, 6.45) is 3.41. The highest BCUT2D eigenvalue weighted by molar-refractivity contribution is 5.62. The Morgan fingerprint density at radius 1 is 0.410 bits per heavy atom. The molecule has 0 saturated heterocycles. The maximum absolute atomic E-state index is 2.45. The highest BCUT2D eigenvalue weighted by atomic mass is 14.5. The van der Waals surface area contributed by atoms with Gasteiger partial charge in [-0.05, 0) is 96.3 Å². The first kappa shape index (κ1) is 33.6. The molecule has 0 radical (unpaired) electrons. The van der Waals surface area contributed by atoms with Crippen LogP contribution in [0.2, 0.25) is 0 Å². The third kappa shape index (κ3) is 7.80. The van der Waals surface area contributed by atoms with Crippen LogP contribution < -0.4 is 0 Å². The van der Waals surface area contributed by atoms with Gasteiger partial charge in [-0.1, -0.05) is 149 Å². The summed E-state index contributed by atoms with van der Waals surface area (Å²) in [7, 11) is 0.